The Morgan fingerprint density at radius 3 is 2.57 bits per heavy atom. The number of ether oxygens (including phenoxy) is 1. The third-order valence-electron chi connectivity index (χ3n) is 4.55. The number of halogens is 1. The molecule has 0 bridgehead atoms. The molecule has 1 aromatic carbocycles. The van der Waals surface area contributed by atoms with Gasteiger partial charge in [-0.05, 0) is 24.9 Å². The van der Waals surface area contributed by atoms with E-state index in [0.717, 1.165) is 52.2 Å². The molecule has 21 heavy (non-hydrogen) atoms. The molecule has 4 heteroatoms. The molecule has 0 saturated carbocycles. The lowest BCUT2D eigenvalue weighted by Gasteiger charge is -2.44. The van der Waals surface area contributed by atoms with Gasteiger partial charge >= 0.3 is 0 Å². The molecule has 0 amide bonds. The summed E-state index contributed by atoms with van der Waals surface area (Å²) in [7, 11) is 0. The van der Waals surface area contributed by atoms with E-state index in [0.29, 0.717) is 11.5 Å². The van der Waals surface area contributed by atoms with E-state index in [1.807, 2.05) is 0 Å². The van der Waals surface area contributed by atoms with Crippen molar-refractivity contribution in [3.8, 4) is 0 Å². The van der Waals surface area contributed by atoms with Gasteiger partial charge in [0.1, 0.15) is 0 Å². The smallest absolute Gasteiger partial charge is 0.0665 e. The zero-order valence-corrected chi connectivity index (χ0v) is 13.3. The van der Waals surface area contributed by atoms with Crippen LogP contribution >= 0.6 is 11.6 Å². The van der Waals surface area contributed by atoms with Crippen molar-refractivity contribution < 1.29 is 4.74 Å². The second-order valence-electron chi connectivity index (χ2n) is 6.05. The Morgan fingerprint density at radius 1 is 1.10 bits per heavy atom. The van der Waals surface area contributed by atoms with Gasteiger partial charge in [0.15, 0.2) is 0 Å². The standard InChI is InChI=1S/C17H25ClN2O/c18-16-7-4-8-20(14-16)17(19-9-11-21-12-10-19)13-15-5-2-1-3-6-15/h1-3,5-6,16-17H,4,7-14H2. The van der Waals surface area contributed by atoms with Crippen LogP contribution in [0.3, 0.4) is 0 Å². The highest BCUT2D eigenvalue weighted by atomic mass is 35.5. The maximum atomic E-state index is 6.41. The lowest BCUT2D eigenvalue weighted by Crippen LogP contribution is -2.56. The van der Waals surface area contributed by atoms with Crippen molar-refractivity contribution in [2.45, 2.75) is 30.8 Å². The minimum atomic E-state index is 0.304. The number of rotatable bonds is 4. The van der Waals surface area contributed by atoms with E-state index in [-0.39, 0.29) is 0 Å². The van der Waals surface area contributed by atoms with Gasteiger partial charge in [0.2, 0.25) is 0 Å². The molecule has 116 valence electrons. The van der Waals surface area contributed by atoms with Crippen LogP contribution in [-0.4, -0.2) is 60.7 Å². The van der Waals surface area contributed by atoms with Crippen LogP contribution in [0, 0.1) is 0 Å². The summed E-state index contributed by atoms with van der Waals surface area (Å²) in [5, 5.41) is 0.304. The highest BCUT2D eigenvalue weighted by Crippen LogP contribution is 2.22. The van der Waals surface area contributed by atoms with Gasteiger partial charge in [-0.15, -0.1) is 11.6 Å². The molecule has 2 aliphatic heterocycles. The van der Waals surface area contributed by atoms with Crippen molar-refractivity contribution in [1.82, 2.24) is 9.80 Å². The molecule has 2 atom stereocenters. The van der Waals surface area contributed by atoms with Crippen molar-refractivity contribution in [2.75, 3.05) is 39.4 Å². The maximum absolute atomic E-state index is 6.41. The second-order valence-corrected chi connectivity index (χ2v) is 6.67. The second kappa shape index (κ2) is 7.59. The number of alkyl halides is 1. The molecule has 3 nitrogen and oxygen atoms in total. The summed E-state index contributed by atoms with van der Waals surface area (Å²) in [4.78, 5) is 5.16. The molecule has 0 radical (unpaired) electrons. The molecule has 3 rings (SSSR count). The number of nitrogens with zero attached hydrogens (tertiary/aromatic N) is 2. The third-order valence-corrected chi connectivity index (χ3v) is 4.90. The predicted molar refractivity (Wildman–Crippen MR) is 86.8 cm³/mol. The molecule has 2 aliphatic rings. The first-order valence-corrected chi connectivity index (χ1v) is 8.50. The van der Waals surface area contributed by atoms with E-state index in [4.69, 9.17) is 16.3 Å². The quantitative estimate of drug-likeness (QED) is 0.795. The van der Waals surface area contributed by atoms with Crippen molar-refractivity contribution in [3.63, 3.8) is 0 Å². The van der Waals surface area contributed by atoms with Crippen molar-refractivity contribution in [3.05, 3.63) is 35.9 Å². The van der Waals surface area contributed by atoms with Crippen molar-refractivity contribution in [2.24, 2.45) is 0 Å². The topological polar surface area (TPSA) is 15.7 Å². The Bertz CT molecular complexity index is 422. The number of likely N-dealkylation sites (tertiary alicyclic amines) is 1. The zero-order chi connectivity index (χ0) is 14.5. The summed E-state index contributed by atoms with van der Waals surface area (Å²) in [6.45, 7) is 5.93. The van der Waals surface area contributed by atoms with Gasteiger partial charge in [-0.2, -0.15) is 0 Å². The molecule has 2 heterocycles. The van der Waals surface area contributed by atoms with Crippen LogP contribution in [0.5, 0.6) is 0 Å². The molecule has 0 aromatic heterocycles. The molecule has 0 spiro atoms. The van der Waals surface area contributed by atoms with E-state index in [9.17, 15) is 0 Å². The summed E-state index contributed by atoms with van der Waals surface area (Å²) in [5.41, 5.74) is 1.41. The van der Waals surface area contributed by atoms with Gasteiger partial charge in [0, 0.05) is 31.4 Å². The van der Waals surface area contributed by atoms with E-state index in [2.05, 4.69) is 40.1 Å². The summed E-state index contributed by atoms with van der Waals surface area (Å²) < 4.78 is 5.52. The van der Waals surface area contributed by atoms with Crippen LogP contribution < -0.4 is 0 Å². The highest BCUT2D eigenvalue weighted by Gasteiger charge is 2.30. The predicted octanol–water partition coefficient (Wildman–Crippen LogP) is 2.59. The van der Waals surface area contributed by atoms with Crippen molar-refractivity contribution in [1.29, 1.82) is 0 Å². The number of morpholine rings is 1. The van der Waals surface area contributed by atoms with Crippen LogP contribution in [0.2, 0.25) is 0 Å². The average Bonchev–Trinajstić information content (AvgIpc) is 2.54. The Labute approximate surface area is 132 Å². The first-order chi connectivity index (χ1) is 10.3. The fourth-order valence-electron chi connectivity index (χ4n) is 3.41. The minimum absolute atomic E-state index is 0.304. The fourth-order valence-corrected chi connectivity index (χ4v) is 3.74. The van der Waals surface area contributed by atoms with E-state index in [1.54, 1.807) is 0 Å². The van der Waals surface area contributed by atoms with Gasteiger partial charge in [-0.25, -0.2) is 0 Å². The molecule has 0 aliphatic carbocycles. The van der Waals surface area contributed by atoms with E-state index >= 15 is 0 Å². The summed E-state index contributed by atoms with van der Waals surface area (Å²) in [6, 6.07) is 10.8. The number of piperidine rings is 1. The van der Waals surface area contributed by atoms with Gasteiger partial charge in [0.05, 0.1) is 19.4 Å². The monoisotopic (exact) mass is 308 g/mol. The SMILES string of the molecule is ClC1CCCN(C(Cc2ccccc2)N2CCOCC2)C1. The first-order valence-electron chi connectivity index (χ1n) is 8.07. The first kappa shape index (κ1) is 15.3. The minimum Gasteiger partial charge on any atom is -0.379 e. The average molecular weight is 309 g/mol. The number of benzene rings is 1. The number of hydrogen-bond donors (Lipinski definition) is 0. The Kier molecular flexibility index (Phi) is 5.53. The summed E-state index contributed by atoms with van der Waals surface area (Å²) in [5.74, 6) is 0. The van der Waals surface area contributed by atoms with Crippen LogP contribution in [-0.2, 0) is 11.2 Å². The van der Waals surface area contributed by atoms with Crippen molar-refractivity contribution >= 4 is 11.6 Å². The molecule has 1 aromatic rings. The normalized spacial score (nSPS) is 26.6. The van der Waals surface area contributed by atoms with Crippen LogP contribution in [0.15, 0.2) is 30.3 Å². The Morgan fingerprint density at radius 2 is 1.86 bits per heavy atom. The van der Waals surface area contributed by atoms with Crippen LogP contribution in [0.25, 0.3) is 0 Å². The summed E-state index contributed by atoms with van der Waals surface area (Å²) >= 11 is 6.41. The van der Waals surface area contributed by atoms with Crippen LogP contribution in [0.1, 0.15) is 18.4 Å². The molecule has 0 N–H and O–H groups in total. The fraction of sp³-hybridized carbons (Fsp3) is 0.647. The van der Waals surface area contributed by atoms with E-state index < -0.39 is 0 Å². The lowest BCUT2D eigenvalue weighted by atomic mass is 10.0. The van der Waals surface area contributed by atoms with Gasteiger partial charge in [-0.1, -0.05) is 30.3 Å². The zero-order valence-electron chi connectivity index (χ0n) is 12.6. The maximum Gasteiger partial charge on any atom is 0.0665 e. The molecule has 2 unspecified atom stereocenters. The largest absolute Gasteiger partial charge is 0.379 e. The molecular formula is C17H25ClN2O. The van der Waals surface area contributed by atoms with E-state index in [1.165, 1.54) is 12.0 Å². The van der Waals surface area contributed by atoms with Gasteiger partial charge in [0.25, 0.3) is 0 Å². The van der Waals surface area contributed by atoms with Gasteiger partial charge < -0.3 is 4.74 Å². The third kappa shape index (κ3) is 4.19. The van der Waals surface area contributed by atoms with Gasteiger partial charge in [-0.3, -0.25) is 9.80 Å². The summed E-state index contributed by atoms with van der Waals surface area (Å²) in [6.07, 6.45) is 3.89. The highest BCUT2D eigenvalue weighted by molar-refractivity contribution is 6.20. The Hall–Kier alpha value is -0.610. The number of hydrogen-bond acceptors (Lipinski definition) is 3. The molecule has 2 fully saturated rings. The lowest BCUT2D eigenvalue weighted by molar-refractivity contribution is -0.0380. The molecular weight excluding hydrogens is 284 g/mol. The molecule has 2 saturated heterocycles. The Balaban J connectivity index is 1.73. The van der Waals surface area contributed by atoms with Crippen LogP contribution in [0.4, 0.5) is 0 Å².